The number of fused-ring (bicyclic) bond motifs is 1. The lowest BCUT2D eigenvalue weighted by Gasteiger charge is -2.31. The third kappa shape index (κ3) is 2.46. The van der Waals surface area contributed by atoms with E-state index in [-0.39, 0.29) is 6.10 Å². The molecule has 3 nitrogen and oxygen atoms in total. The van der Waals surface area contributed by atoms with Gasteiger partial charge in [0.05, 0.1) is 10.4 Å². The van der Waals surface area contributed by atoms with Gasteiger partial charge in [0.2, 0.25) is 0 Å². The second kappa shape index (κ2) is 5.08. The fraction of sp³-hybridized carbons (Fsp3) is 0.462. The molecule has 1 aliphatic heterocycles. The number of hydrogen-bond donors (Lipinski definition) is 1. The minimum atomic E-state index is -0.769. The normalized spacial score (nSPS) is 22.7. The molecule has 0 radical (unpaired) electrons. The van der Waals surface area contributed by atoms with Gasteiger partial charge in [-0.25, -0.2) is 0 Å². The molecule has 0 saturated carbocycles. The smallest absolute Gasteiger partial charge is 0.310 e. The van der Waals surface area contributed by atoms with Crippen molar-refractivity contribution in [3.8, 4) is 5.75 Å². The van der Waals surface area contributed by atoms with Gasteiger partial charge in [-0.3, -0.25) is 4.79 Å². The average Bonchev–Trinajstić information content (AvgIpc) is 2.29. The number of carboxylic acids is 1. The van der Waals surface area contributed by atoms with Crippen LogP contribution in [-0.4, -0.2) is 17.2 Å². The summed E-state index contributed by atoms with van der Waals surface area (Å²) in [5.74, 6) is -0.394. The Morgan fingerprint density at radius 2 is 2.35 bits per heavy atom. The molecule has 1 heterocycles. The Morgan fingerprint density at radius 3 is 3.00 bits per heavy atom. The molecule has 0 amide bonds. The number of para-hydroxylation sites is 1. The lowest BCUT2D eigenvalue weighted by atomic mass is 9.88. The van der Waals surface area contributed by atoms with Crippen LogP contribution in [0.2, 0.25) is 0 Å². The van der Waals surface area contributed by atoms with Gasteiger partial charge in [0.1, 0.15) is 11.9 Å². The summed E-state index contributed by atoms with van der Waals surface area (Å²) < 4.78 is 6.75. The average molecular weight is 299 g/mol. The van der Waals surface area contributed by atoms with Gasteiger partial charge in [0.15, 0.2) is 0 Å². The van der Waals surface area contributed by atoms with Crippen LogP contribution in [0.3, 0.4) is 0 Å². The highest BCUT2D eigenvalue weighted by Gasteiger charge is 2.35. The van der Waals surface area contributed by atoms with Crippen LogP contribution in [0.5, 0.6) is 5.75 Å². The SMILES string of the molecule is CCCC1Oc2c(Br)cccc2CC1C(=O)O. The zero-order valence-electron chi connectivity index (χ0n) is 9.65. The highest BCUT2D eigenvalue weighted by atomic mass is 79.9. The summed E-state index contributed by atoms with van der Waals surface area (Å²) in [5.41, 5.74) is 0.971. The van der Waals surface area contributed by atoms with Crippen LogP contribution < -0.4 is 4.74 Å². The summed E-state index contributed by atoms with van der Waals surface area (Å²) in [6, 6.07) is 5.76. The van der Waals surface area contributed by atoms with Crippen LogP contribution in [-0.2, 0) is 11.2 Å². The highest BCUT2D eigenvalue weighted by Crippen LogP contribution is 2.38. The van der Waals surface area contributed by atoms with E-state index in [1.54, 1.807) is 0 Å². The molecule has 0 saturated heterocycles. The second-order valence-electron chi connectivity index (χ2n) is 4.32. The minimum Gasteiger partial charge on any atom is -0.488 e. The van der Waals surface area contributed by atoms with Crippen LogP contribution in [0, 0.1) is 5.92 Å². The van der Waals surface area contributed by atoms with Crippen LogP contribution in [0.25, 0.3) is 0 Å². The van der Waals surface area contributed by atoms with Gasteiger partial charge in [0.25, 0.3) is 0 Å². The minimum absolute atomic E-state index is 0.219. The fourth-order valence-corrected chi connectivity index (χ4v) is 2.74. The van der Waals surface area contributed by atoms with Gasteiger partial charge in [-0.1, -0.05) is 25.5 Å². The summed E-state index contributed by atoms with van der Waals surface area (Å²) in [4.78, 5) is 11.2. The molecule has 1 N–H and O–H groups in total. The maximum Gasteiger partial charge on any atom is 0.310 e. The Balaban J connectivity index is 2.33. The molecule has 0 fully saturated rings. The van der Waals surface area contributed by atoms with E-state index < -0.39 is 11.9 Å². The number of aliphatic carboxylic acids is 1. The van der Waals surface area contributed by atoms with E-state index in [9.17, 15) is 9.90 Å². The lowest BCUT2D eigenvalue weighted by molar-refractivity contribution is -0.145. The Bertz CT molecular complexity index is 431. The van der Waals surface area contributed by atoms with Crippen molar-refractivity contribution in [3.05, 3.63) is 28.2 Å². The Labute approximate surface area is 109 Å². The van der Waals surface area contributed by atoms with E-state index >= 15 is 0 Å². The van der Waals surface area contributed by atoms with Crippen molar-refractivity contribution in [3.63, 3.8) is 0 Å². The first-order chi connectivity index (χ1) is 8.13. The highest BCUT2D eigenvalue weighted by molar-refractivity contribution is 9.10. The number of rotatable bonds is 3. The Kier molecular flexibility index (Phi) is 3.72. The first-order valence-corrected chi connectivity index (χ1v) is 6.59. The molecule has 1 aliphatic rings. The van der Waals surface area contributed by atoms with E-state index in [1.165, 1.54) is 0 Å². The molecular formula is C13H15BrO3. The summed E-state index contributed by atoms with van der Waals surface area (Å²) in [6.07, 6.45) is 2.03. The first kappa shape index (κ1) is 12.4. The van der Waals surface area contributed by atoms with Gasteiger partial charge in [-0.05, 0) is 40.4 Å². The molecule has 1 aromatic rings. The van der Waals surface area contributed by atoms with Crippen molar-refractivity contribution in [1.82, 2.24) is 0 Å². The molecule has 4 heteroatoms. The molecule has 1 aromatic carbocycles. The summed E-state index contributed by atoms with van der Waals surface area (Å²) in [6.45, 7) is 2.04. The summed E-state index contributed by atoms with van der Waals surface area (Å²) >= 11 is 3.45. The maximum atomic E-state index is 11.2. The third-order valence-corrected chi connectivity index (χ3v) is 3.72. The Hall–Kier alpha value is -1.03. The van der Waals surface area contributed by atoms with Crippen molar-refractivity contribution in [2.45, 2.75) is 32.3 Å². The molecular weight excluding hydrogens is 284 g/mol. The largest absolute Gasteiger partial charge is 0.488 e. The number of hydrogen-bond acceptors (Lipinski definition) is 2. The molecule has 0 aromatic heterocycles. The van der Waals surface area contributed by atoms with Gasteiger partial charge < -0.3 is 9.84 Å². The standard InChI is InChI=1S/C13H15BrO3/c1-2-4-11-9(13(15)16)7-8-5-3-6-10(14)12(8)17-11/h3,5-6,9,11H,2,4,7H2,1H3,(H,15,16). The van der Waals surface area contributed by atoms with Crippen LogP contribution in [0.15, 0.2) is 22.7 Å². The lowest BCUT2D eigenvalue weighted by Crippen LogP contribution is -2.38. The van der Waals surface area contributed by atoms with Gasteiger partial charge >= 0.3 is 5.97 Å². The monoisotopic (exact) mass is 298 g/mol. The van der Waals surface area contributed by atoms with E-state index in [1.807, 2.05) is 25.1 Å². The molecule has 0 bridgehead atoms. The van der Waals surface area contributed by atoms with Crippen molar-refractivity contribution in [2.75, 3.05) is 0 Å². The van der Waals surface area contributed by atoms with Crippen LogP contribution in [0.4, 0.5) is 0 Å². The van der Waals surface area contributed by atoms with E-state index in [4.69, 9.17) is 4.74 Å². The molecule has 2 atom stereocenters. The van der Waals surface area contributed by atoms with Crippen molar-refractivity contribution < 1.29 is 14.6 Å². The molecule has 92 valence electrons. The number of carbonyl (C=O) groups is 1. The number of benzene rings is 1. The first-order valence-electron chi connectivity index (χ1n) is 5.80. The molecule has 0 spiro atoms. The van der Waals surface area contributed by atoms with Gasteiger partial charge in [-0.15, -0.1) is 0 Å². The van der Waals surface area contributed by atoms with E-state index in [2.05, 4.69) is 15.9 Å². The quantitative estimate of drug-likeness (QED) is 0.932. The van der Waals surface area contributed by atoms with E-state index in [0.717, 1.165) is 28.6 Å². The predicted molar refractivity (Wildman–Crippen MR) is 68.3 cm³/mol. The molecule has 0 aliphatic carbocycles. The molecule has 2 rings (SSSR count). The maximum absolute atomic E-state index is 11.2. The summed E-state index contributed by atoms with van der Waals surface area (Å²) in [5, 5.41) is 9.24. The van der Waals surface area contributed by atoms with Crippen molar-refractivity contribution in [1.29, 1.82) is 0 Å². The van der Waals surface area contributed by atoms with Gasteiger partial charge in [0, 0.05) is 0 Å². The number of halogens is 1. The zero-order valence-corrected chi connectivity index (χ0v) is 11.2. The second-order valence-corrected chi connectivity index (χ2v) is 5.18. The zero-order chi connectivity index (χ0) is 12.4. The summed E-state index contributed by atoms with van der Waals surface area (Å²) in [7, 11) is 0. The van der Waals surface area contributed by atoms with E-state index in [0.29, 0.717) is 6.42 Å². The Morgan fingerprint density at radius 1 is 1.59 bits per heavy atom. The van der Waals surface area contributed by atoms with Crippen LogP contribution in [0.1, 0.15) is 25.3 Å². The topological polar surface area (TPSA) is 46.5 Å². The predicted octanol–water partition coefficient (Wildman–Crippen LogP) is 3.25. The van der Waals surface area contributed by atoms with Crippen molar-refractivity contribution in [2.24, 2.45) is 5.92 Å². The third-order valence-electron chi connectivity index (χ3n) is 3.10. The number of carboxylic acid groups (broad SMARTS) is 1. The van der Waals surface area contributed by atoms with Crippen LogP contribution >= 0.6 is 15.9 Å². The fourth-order valence-electron chi connectivity index (χ4n) is 2.24. The molecule has 2 unspecified atom stereocenters. The van der Waals surface area contributed by atoms with Gasteiger partial charge in [-0.2, -0.15) is 0 Å². The number of ether oxygens (including phenoxy) is 1. The molecule has 17 heavy (non-hydrogen) atoms. The van der Waals surface area contributed by atoms with Crippen molar-refractivity contribution >= 4 is 21.9 Å².